The molecule has 2 heterocycles. The molecule has 0 saturated carbocycles. The van der Waals surface area contributed by atoms with Crippen molar-refractivity contribution in [1.82, 2.24) is 14.8 Å². The molecule has 2 aromatic rings. The number of rotatable bonds is 4. The molecule has 108 valence electrons. The molecule has 0 unspecified atom stereocenters. The number of pyridine rings is 1. The van der Waals surface area contributed by atoms with Crippen molar-refractivity contribution in [3.05, 3.63) is 50.4 Å². The number of amides is 1. The Labute approximate surface area is 116 Å². The first-order valence-corrected chi connectivity index (χ1v) is 5.48. The number of nitrogens with one attached hydrogen (secondary N) is 1. The Kier molecular flexibility index (Phi) is 3.56. The van der Waals surface area contributed by atoms with E-state index in [2.05, 4.69) is 15.4 Å². The van der Waals surface area contributed by atoms with Crippen molar-refractivity contribution in [1.29, 1.82) is 0 Å². The van der Waals surface area contributed by atoms with E-state index < -0.39 is 21.4 Å². The molecular formula is C10H8N6O5. The van der Waals surface area contributed by atoms with Gasteiger partial charge in [0.2, 0.25) is 5.69 Å². The van der Waals surface area contributed by atoms with E-state index in [1.54, 1.807) is 0 Å². The van der Waals surface area contributed by atoms with Gasteiger partial charge >= 0.3 is 5.69 Å². The fraction of sp³-hybridized carbons (Fsp3) is 0.100. The van der Waals surface area contributed by atoms with Gasteiger partial charge in [0.25, 0.3) is 11.6 Å². The van der Waals surface area contributed by atoms with Crippen LogP contribution in [0.5, 0.6) is 0 Å². The molecule has 0 spiro atoms. The normalized spacial score (nSPS) is 10.1. The second-order valence-electron chi connectivity index (χ2n) is 3.91. The summed E-state index contributed by atoms with van der Waals surface area (Å²) in [6, 6.07) is 2.36. The summed E-state index contributed by atoms with van der Waals surface area (Å²) in [5.74, 6) is -0.811. The maximum absolute atomic E-state index is 11.9. The molecule has 0 aliphatic rings. The van der Waals surface area contributed by atoms with Crippen LogP contribution in [0.25, 0.3) is 0 Å². The number of nitro groups is 2. The molecule has 0 aliphatic carbocycles. The van der Waals surface area contributed by atoms with Crippen molar-refractivity contribution in [2.24, 2.45) is 7.05 Å². The Morgan fingerprint density at radius 3 is 2.52 bits per heavy atom. The summed E-state index contributed by atoms with van der Waals surface area (Å²) in [6.07, 6.45) is 2.06. The van der Waals surface area contributed by atoms with E-state index in [1.165, 1.54) is 13.1 Å². The van der Waals surface area contributed by atoms with E-state index in [0.717, 1.165) is 23.1 Å². The molecule has 0 radical (unpaired) electrons. The van der Waals surface area contributed by atoms with Gasteiger partial charge in [-0.2, -0.15) is 5.10 Å². The van der Waals surface area contributed by atoms with Crippen molar-refractivity contribution in [3.63, 3.8) is 0 Å². The number of carbonyl (C=O) groups excluding carboxylic acids is 1. The first-order valence-electron chi connectivity index (χ1n) is 5.48. The third-order valence-electron chi connectivity index (χ3n) is 2.42. The number of hydrogen-bond donors (Lipinski definition) is 1. The van der Waals surface area contributed by atoms with Gasteiger partial charge in [-0.15, -0.1) is 0 Å². The quantitative estimate of drug-likeness (QED) is 0.649. The Bertz CT molecular complexity index is 722. The fourth-order valence-electron chi connectivity index (χ4n) is 1.51. The van der Waals surface area contributed by atoms with Gasteiger partial charge in [0, 0.05) is 13.1 Å². The van der Waals surface area contributed by atoms with Gasteiger partial charge in [-0.1, -0.05) is 0 Å². The van der Waals surface area contributed by atoms with E-state index in [-0.39, 0.29) is 17.2 Å². The van der Waals surface area contributed by atoms with Gasteiger partial charge in [0.1, 0.15) is 18.2 Å². The first-order chi connectivity index (χ1) is 9.88. The minimum absolute atomic E-state index is 0.0190. The average molecular weight is 292 g/mol. The van der Waals surface area contributed by atoms with E-state index >= 15 is 0 Å². The summed E-state index contributed by atoms with van der Waals surface area (Å²) < 4.78 is 1.14. The molecule has 21 heavy (non-hydrogen) atoms. The molecule has 0 aromatic carbocycles. The standard InChI is InChI=1S/C10H8N6O5/c1-14-5-7(16(20)21)9(13-14)10(17)12-8-3-2-6(4-11-8)15(18)19/h2-5H,1H3,(H,11,12,17). The highest BCUT2D eigenvalue weighted by Gasteiger charge is 2.25. The van der Waals surface area contributed by atoms with Crippen LogP contribution in [-0.4, -0.2) is 30.5 Å². The SMILES string of the molecule is Cn1cc([N+](=O)[O-])c(C(=O)Nc2ccc([N+](=O)[O-])cn2)n1. The van der Waals surface area contributed by atoms with E-state index in [0.29, 0.717) is 0 Å². The molecular weight excluding hydrogens is 284 g/mol. The Morgan fingerprint density at radius 1 is 1.29 bits per heavy atom. The van der Waals surface area contributed by atoms with Gasteiger partial charge in [-0.3, -0.25) is 29.7 Å². The maximum atomic E-state index is 11.9. The highest BCUT2D eigenvalue weighted by atomic mass is 16.6. The third kappa shape index (κ3) is 2.97. The molecule has 11 nitrogen and oxygen atoms in total. The lowest BCUT2D eigenvalue weighted by Crippen LogP contribution is -2.15. The van der Waals surface area contributed by atoms with Crippen LogP contribution < -0.4 is 5.32 Å². The lowest BCUT2D eigenvalue weighted by Gasteiger charge is -2.01. The van der Waals surface area contributed by atoms with Gasteiger partial charge in [0.15, 0.2) is 0 Å². The van der Waals surface area contributed by atoms with Gasteiger partial charge < -0.3 is 5.32 Å². The van der Waals surface area contributed by atoms with Crippen molar-refractivity contribution in [2.75, 3.05) is 5.32 Å². The monoisotopic (exact) mass is 292 g/mol. The second kappa shape index (κ2) is 5.32. The molecule has 11 heteroatoms. The predicted octanol–water partition coefficient (Wildman–Crippen LogP) is 0.884. The summed E-state index contributed by atoms with van der Waals surface area (Å²) in [7, 11) is 1.44. The van der Waals surface area contributed by atoms with E-state index in [4.69, 9.17) is 0 Å². The lowest BCUT2D eigenvalue weighted by molar-refractivity contribution is -0.385. The Hall–Kier alpha value is -3.37. The smallest absolute Gasteiger partial charge is 0.305 e. The topological polar surface area (TPSA) is 146 Å². The second-order valence-corrected chi connectivity index (χ2v) is 3.91. The van der Waals surface area contributed by atoms with Crippen LogP contribution in [0.3, 0.4) is 0 Å². The third-order valence-corrected chi connectivity index (χ3v) is 2.42. The maximum Gasteiger partial charge on any atom is 0.320 e. The summed E-state index contributed by atoms with van der Waals surface area (Å²) in [6.45, 7) is 0. The van der Waals surface area contributed by atoms with Crippen LogP contribution in [0.15, 0.2) is 24.5 Å². The van der Waals surface area contributed by atoms with Crippen LogP contribution in [0.2, 0.25) is 0 Å². The van der Waals surface area contributed by atoms with Crippen LogP contribution in [0.4, 0.5) is 17.2 Å². The van der Waals surface area contributed by atoms with Crippen molar-refractivity contribution >= 4 is 23.1 Å². The highest BCUT2D eigenvalue weighted by Crippen LogP contribution is 2.18. The van der Waals surface area contributed by atoms with Crippen LogP contribution in [0, 0.1) is 20.2 Å². The predicted molar refractivity (Wildman–Crippen MR) is 68.7 cm³/mol. The fourth-order valence-corrected chi connectivity index (χ4v) is 1.51. The van der Waals surface area contributed by atoms with Crippen LogP contribution in [-0.2, 0) is 7.05 Å². The molecule has 0 aliphatic heterocycles. The summed E-state index contributed by atoms with van der Waals surface area (Å²) >= 11 is 0. The van der Waals surface area contributed by atoms with Gasteiger partial charge in [0.05, 0.1) is 9.85 Å². The zero-order valence-electron chi connectivity index (χ0n) is 10.6. The lowest BCUT2D eigenvalue weighted by atomic mass is 10.3. The zero-order chi connectivity index (χ0) is 15.6. The minimum atomic E-state index is -0.830. The number of hydrogen-bond acceptors (Lipinski definition) is 7. The molecule has 0 saturated heterocycles. The molecule has 2 aromatic heterocycles. The van der Waals surface area contributed by atoms with E-state index in [1.807, 2.05) is 0 Å². The zero-order valence-corrected chi connectivity index (χ0v) is 10.6. The summed E-state index contributed by atoms with van der Waals surface area (Å²) in [4.78, 5) is 35.5. The number of carbonyl (C=O) groups is 1. The summed E-state index contributed by atoms with van der Waals surface area (Å²) in [5.41, 5.74) is -1.06. The van der Waals surface area contributed by atoms with Crippen molar-refractivity contribution in [3.8, 4) is 0 Å². The molecule has 2 rings (SSSR count). The largest absolute Gasteiger partial charge is 0.320 e. The van der Waals surface area contributed by atoms with Gasteiger partial charge in [-0.25, -0.2) is 4.98 Å². The number of aryl methyl sites for hydroxylation is 1. The average Bonchev–Trinajstić information content (AvgIpc) is 2.82. The molecule has 1 N–H and O–H groups in total. The van der Waals surface area contributed by atoms with Gasteiger partial charge in [-0.05, 0) is 6.07 Å². The Morgan fingerprint density at radius 2 is 2.00 bits per heavy atom. The molecule has 0 bridgehead atoms. The number of aromatic nitrogens is 3. The molecule has 1 amide bonds. The van der Waals surface area contributed by atoms with Crippen LogP contribution in [0.1, 0.15) is 10.5 Å². The Balaban J connectivity index is 2.22. The highest BCUT2D eigenvalue weighted by molar-refractivity contribution is 6.05. The van der Waals surface area contributed by atoms with E-state index in [9.17, 15) is 25.0 Å². The number of nitrogens with zero attached hydrogens (tertiary/aromatic N) is 5. The first kappa shape index (κ1) is 14.0. The van der Waals surface area contributed by atoms with Crippen molar-refractivity contribution < 1.29 is 14.6 Å². The van der Waals surface area contributed by atoms with Crippen LogP contribution >= 0.6 is 0 Å². The van der Waals surface area contributed by atoms with Crippen molar-refractivity contribution in [2.45, 2.75) is 0 Å². The summed E-state index contributed by atoms with van der Waals surface area (Å²) in [5, 5.41) is 27.2. The molecule has 0 fully saturated rings. The number of anilines is 1. The molecule has 0 atom stereocenters. The minimum Gasteiger partial charge on any atom is -0.305 e.